The molecule has 1 aromatic carbocycles. The summed E-state index contributed by atoms with van der Waals surface area (Å²) < 4.78 is 5.66. The molecule has 6 heteroatoms. The van der Waals surface area contributed by atoms with Gasteiger partial charge in [0.2, 0.25) is 0 Å². The second-order valence-corrected chi connectivity index (χ2v) is 6.37. The summed E-state index contributed by atoms with van der Waals surface area (Å²) in [6.07, 6.45) is 1.79. The zero-order valence-electron chi connectivity index (χ0n) is 14.6. The van der Waals surface area contributed by atoms with E-state index in [1.807, 2.05) is 44.2 Å². The Hall–Kier alpha value is -2.34. The number of hydrogen-bond donors (Lipinski definition) is 1. The third-order valence-electron chi connectivity index (χ3n) is 3.98. The van der Waals surface area contributed by atoms with Gasteiger partial charge in [-0.1, -0.05) is 0 Å². The van der Waals surface area contributed by atoms with Crippen molar-refractivity contribution in [1.82, 2.24) is 14.9 Å². The molecule has 1 aromatic heterocycles. The van der Waals surface area contributed by atoms with E-state index in [0.717, 1.165) is 49.3 Å². The standard InChI is InChI=1S/C18H25N5O/c1-14(2)24-16-6-4-15(5-7-16)21-17-12-18(20-13-19-17)23-10-8-22(3)9-11-23/h4-7,12-14H,8-11H2,1-3H3,(H,19,20,21). The number of nitrogens with one attached hydrogen (secondary N) is 1. The number of benzene rings is 1. The first-order chi connectivity index (χ1) is 11.6. The molecule has 0 aliphatic carbocycles. The highest BCUT2D eigenvalue weighted by atomic mass is 16.5. The summed E-state index contributed by atoms with van der Waals surface area (Å²) in [5, 5.41) is 3.33. The smallest absolute Gasteiger partial charge is 0.135 e. The van der Waals surface area contributed by atoms with Gasteiger partial charge in [-0.05, 0) is 45.2 Å². The summed E-state index contributed by atoms with van der Waals surface area (Å²) >= 11 is 0. The van der Waals surface area contributed by atoms with E-state index in [4.69, 9.17) is 4.74 Å². The first-order valence-corrected chi connectivity index (χ1v) is 8.39. The summed E-state index contributed by atoms with van der Waals surface area (Å²) in [7, 11) is 2.15. The van der Waals surface area contributed by atoms with Crippen molar-refractivity contribution < 1.29 is 4.74 Å². The zero-order chi connectivity index (χ0) is 16.9. The molecule has 3 rings (SSSR count). The van der Waals surface area contributed by atoms with Crippen molar-refractivity contribution in [2.45, 2.75) is 20.0 Å². The van der Waals surface area contributed by atoms with Crippen LogP contribution < -0.4 is 15.0 Å². The minimum absolute atomic E-state index is 0.178. The molecule has 2 aromatic rings. The van der Waals surface area contributed by atoms with Gasteiger partial charge in [0, 0.05) is 37.9 Å². The molecule has 1 fully saturated rings. The van der Waals surface area contributed by atoms with Crippen LogP contribution >= 0.6 is 0 Å². The van der Waals surface area contributed by atoms with Crippen molar-refractivity contribution in [1.29, 1.82) is 0 Å². The highest BCUT2D eigenvalue weighted by Crippen LogP contribution is 2.22. The molecule has 2 heterocycles. The Balaban J connectivity index is 1.66. The molecule has 6 nitrogen and oxygen atoms in total. The monoisotopic (exact) mass is 327 g/mol. The number of anilines is 3. The summed E-state index contributed by atoms with van der Waals surface area (Å²) in [4.78, 5) is 13.4. The summed E-state index contributed by atoms with van der Waals surface area (Å²) in [5.41, 5.74) is 0.981. The summed E-state index contributed by atoms with van der Waals surface area (Å²) in [6, 6.07) is 9.92. The predicted octanol–water partition coefficient (Wildman–Crippen LogP) is 2.76. The zero-order valence-corrected chi connectivity index (χ0v) is 14.6. The van der Waals surface area contributed by atoms with Crippen LogP contribution in [0.5, 0.6) is 5.75 Å². The molecule has 1 saturated heterocycles. The van der Waals surface area contributed by atoms with Crippen LogP contribution in [-0.4, -0.2) is 54.2 Å². The van der Waals surface area contributed by atoms with Crippen molar-refractivity contribution in [3.05, 3.63) is 36.7 Å². The van der Waals surface area contributed by atoms with E-state index < -0.39 is 0 Å². The van der Waals surface area contributed by atoms with Crippen molar-refractivity contribution in [2.75, 3.05) is 43.4 Å². The maximum atomic E-state index is 5.66. The van der Waals surface area contributed by atoms with Gasteiger partial charge >= 0.3 is 0 Å². The fourth-order valence-corrected chi connectivity index (χ4v) is 2.66. The number of ether oxygens (including phenoxy) is 1. The Labute approximate surface area is 143 Å². The number of piperazine rings is 1. The van der Waals surface area contributed by atoms with Gasteiger partial charge < -0.3 is 19.9 Å². The van der Waals surface area contributed by atoms with Crippen LogP contribution in [0, 0.1) is 0 Å². The Bertz CT molecular complexity index is 651. The number of likely N-dealkylation sites (N-methyl/N-ethyl adjacent to an activating group) is 1. The Morgan fingerprint density at radius 3 is 2.42 bits per heavy atom. The number of nitrogens with zero attached hydrogens (tertiary/aromatic N) is 4. The van der Waals surface area contributed by atoms with Crippen LogP contribution in [0.25, 0.3) is 0 Å². The Kier molecular flexibility index (Phi) is 5.15. The van der Waals surface area contributed by atoms with Crippen LogP contribution in [0.1, 0.15) is 13.8 Å². The molecule has 1 aliphatic rings. The third kappa shape index (κ3) is 4.35. The van der Waals surface area contributed by atoms with E-state index in [-0.39, 0.29) is 6.10 Å². The number of rotatable bonds is 5. The fourth-order valence-electron chi connectivity index (χ4n) is 2.66. The van der Waals surface area contributed by atoms with Crippen molar-refractivity contribution >= 4 is 17.3 Å². The molecule has 0 amide bonds. The van der Waals surface area contributed by atoms with Crippen molar-refractivity contribution in [3.63, 3.8) is 0 Å². The van der Waals surface area contributed by atoms with Gasteiger partial charge in [-0.2, -0.15) is 0 Å². The van der Waals surface area contributed by atoms with Crippen LogP contribution in [0.15, 0.2) is 36.7 Å². The molecule has 128 valence electrons. The first kappa shape index (κ1) is 16.5. The van der Waals surface area contributed by atoms with Gasteiger partial charge in [0.25, 0.3) is 0 Å². The molecule has 0 atom stereocenters. The van der Waals surface area contributed by atoms with Crippen LogP contribution in [0.3, 0.4) is 0 Å². The normalized spacial score (nSPS) is 15.6. The SMILES string of the molecule is CC(C)Oc1ccc(Nc2cc(N3CCN(C)CC3)ncn2)cc1. The minimum atomic E-state index is 0.178. The lowest BCUT2D eigenvalue weighted by Crippen LogP contribution is -2.44. The molecule has 24 heavy (non-hydrogen) atoms. The highest BCUT2D eigenvalue weighted by molar-refractivity contribution is 5.60. The largest absolute Gasteiger partial charge is 0.491 e. The third-order valence-corrected chi connectivity index (χ3v) is 3.98. The van der Waals surface area contributed by atoms with Crippen molar-refractivity contribution in [3.8, 4) is 5.75 Å². The van der Waals surface area contributed by atoms with Crippen LogP contribution in [-0.2, 0) is 0 Å². The van der Waals surface area contributed by atoms with Gasteiger partial charge in [-0.3, -0.25) is 0 Å². The topological polar surface area (TPSA) is 53.5 Å². The molecule has 0 saturated carbocycles. The molecule has 1 aliphatic heterocycles. The average molecular weight is 327 g/mol. The molecular weight excluding hydrogens is 302 g/mol. The first-order valence-electron chi connectivity index (χ1n) is 8.39. The lowest BCUT2D eigenvalue weighted by Gasteiger charge is -2.33. The average Bonchev–Trinajstić information content (AvgIpc) is 2.57. The number of hydrogen-bond acceptors (Lipinski definition) is 6. The van der Waals surface area contributed by atoms with E-state index in [1.54, 1.807) is 6.33 Å². The van der Waals surface area contributed by atoms with E-state index >= 15 is 0 Å². The van der Waals surface area contributed by atoms with Crippen LogP contribution in [0.4, 0.5) is 17.3 Å². The molecule has 0 radical (unpaired) electrons. The maximum Gasteiger partial charge on any atom is 0.135 e. The minimum Gasteiger partial charge on any atom is -0.491 e. The van der Waals surface area contributed by atoms with Crippen LogP contribution in [0.2, 0.25) is 0 Å². The lowest BCUT2D eigenvalue weighted by molar-refractivity contribution is 0.242. The van der Waals surface area contributed by atoms with Gasteiger partial charge in [0.15, 0.2) is 0 Å². The molecule has 0 unspecified atom stereocenters. The van der Waals surface area contributed by atoms with Gasteiger partial charge in [0.05, 0.1) is 6.10 Å². The highest BCUT2D eigenvalue weighted by Gasteiger charge is 2.15. The van der Waals surface area contributed by atoms with Gasteiger partial charge in [-0.15, -0.1) is 0 Å². The maximum absolute atomic E-state index is 5.66. The van der Waals surface area contributed by atoms with E-state index in [2.05, 4.69) is 32.1 Å². The van der Waals surface area contributed by atoms with E-state index in [0.29, 0.717) is 0 Å². The quantitative estimate of drug-likeness (QED) is 0.911. The predicted molar refractivity (Wildman–Crippen MR) is 97.2 cm³/mol. The van der Waals surface area contributed by atoms with E-state index in [1.165, 1.54) is 0 Å². The molecule has 0 bridgehead atoms. The van der Waals surface area contributed by atoms with Gasteiger partial charge in [-0.25, -0.2) is 9.97 Å². The van der Waals surface area contributed by atoms with Gasteiger partial charge in [0.1, 0.15) is 23.7 Å². The second-order valence-electron chi connectivity index (χ2n) is 6.37. The molecule has 1 N–H and O–H groups in total. The lowest BCUT2D eigenvalue weighted by atomic mass is 10.3. The number of aromatic nitrogens is 2. The van der Waals surface area contributed by atoms with Crippen molar-refractivity contribution in [2.24, 2.45) is 0 Å². The molecular formula is C18H25N5O. The molecule has 0 spiro atoms. The van der Waals surface area contributed by atoms with E-state index in [9.17, 15) is 0 Å². The second kappa shape index (κ2) is 7.49. The summed E-state index contributed by atoms with van der Waals surface area (Å²) in [6.45, 7) is 8.15. The Morgan fingerprint density at radius 2 is 1.75 bits per heavy atom. The summed E-state index contributed by atoms with van der Waals surface area (Å²) in [5.74, 6) is 2.65. The Morgan fingerprint density at radius 1 is 1.04 bits per heavy atom. The fraction of sp³-hybridized carbons (Fsp3) is 0.444.